The predicted octanol–water partition coefficient (Wildman–Crippen LogP) is 8.83. The van der Waals surface area contributed by atoms with Gasteiger partial charge in [0.05, 0.1) is 0 Å². The van der Waals surface area contributed by atoms with Crippen molar-refractivity contribution in [3.05, 3.63) is 109 Å². The molecule has 0 N–H and O–H groups in total. The second-order valence-electron chi connectivity index (χ2n) is 6.78. The minimum Gasteiger partial charge on any atom is -0.382 e. The third kappa shape index (κ3) is 25.6. The molecule has 1 aliphatic rings. The van der Waals surface area contributed by atoms with Gasteiger partial charge < -0.3 is 4.74 Å². The molecule has 1 saturated carbocycles. The normalized spacial score (nSPS) is 11.4. The maximum atomic E-state index is 4.98. The molecule has 0 aliphatic heterocycles. The van der Waals surface area contributed by atoms with E-state index in [2.05, 4.69) is 6.92 Å². The highest BCUT2D eigenvalue weighted by atomic mass is 16.5. The summed E-state index contributed by atoms with van der Waals surface area (Å²) in [6.07, 6.45) is 10.1. The van der Waals surface area contributed by atoms with Gasteiger partial charge in [0.2, 0.25) is 0 Å². The molecule has 0 atom stereocenters. The van der Waals surface area contributed by atoms with Crippen molar-refractivity contribution in [3.63, 3.8) is 0 Å². The number of ether oxygens (including phenoxy) is 1. The quantitative estimate of drug-likeness (QED) is 0.395. The fourth-order valence-corrected chi connectivity index (χ4v) is 2.50. The van der Waals surface area contributed by atoms with Crippen molar-refractivity contribution in [2.75, 3.05) is 13.2 Å². The summed E-state index contributed by atoms with van der Waals surface area (Å²) in [4.78, 5) is 0. The molecule has 30 heavy (non-hydrogen) atoms. The molecule has 1 nitrogen and oxygen atoms in total. The number of benzene rings is 3. The lowest BCUT2D eigenvalue weighted by Gasteiger charge is -2.05. The van der Waals surface area contributed by atoms with E-state index in [4.69, 9.17) is 4.74 Å². The molecular formula is C29H42O. The summed E-state index contributed by atoms with van der Waals surface area (Å²) < 4.78 is 4.98. The lowest BCUT2D eigenvalue weighted by Crippen LogP contribution is -1.88. The van der Waals surface area contributed by atoms with Gasteiger partial charge in [-0.05, 0) is 13.3 Å². The van der Waals surface area contributed by atoms with Crippen LogP contribution in [0.4, 0.5) is 0 Å². The third-order valence-corrected chi connectivity index (χ3v) is 4.05. The van der Waals surface area contributed by atoms with Gasteiger partial charge in [-0.15, -0.1) is 0 Å². The first kappa shape index (κ1) is 27.6. The molecule has 3 aromatic carbocycles. The largest absolute Gasteiger partial charge is 0.382 e. The maximum absolute atomic E-state index is 4.98. The molecule has 0 radical (unpaired) electrons. The second kappa shape index (κ2) is 26.6. The fraction of sp³-hybridized carbons (Fsp3) is 0.379. The minimum absolute atomic E-state index is 0.855. The molecule has 0 unspecified atom stereocenters. The highest BCUT2D eigenvalue weighted by molar-refractivity contribution is 5.00. The first-order valence-electron chi connectivity index (χ1n) is 11.5. The van der Waals surface area contributed by atoms with Crippen LogP contribution >= 0.6 is 0 Å². The van der Waals surface area contributed by atoms with Crippen LogP contribution in [0.15, 0.2) is 109 Å². The van der Waals surface area contributed by atoms with Gasteiger partial charge in [-0.1, -0.05) is 155 Å². The zero-order valence-electron chi connectivity index (χ0n) is 19.2. The molecule has 4 rings (SSSR count). The average molecular weight is 407 g/mol. The molecule has 0 spiro atoms. The van der Waals surface area contributed by atoms with Crippen LogP contribution in [-0.2, 0) is 4.74 Å². The van der Waals surface area contributed by atoms with E-state index in [1.165, 1.54) is 38.5 Å². The van der Waals surface area contributed by atoms with Gasteiger partial charge in [-0.2, -0.15) is 0 Å². The van der Waals surface area contributed by atoms with E-state index < -0.39 is 0 Å². The molecule has 0 saturated heterocycles. The second-order valence-corrected chi connectivity index (χ2v) is 6.78. The summed E-state index contributed by atoms with van der Waals surface area (Å²) in [5.74, 6) is 0. The van der Waals surface area contributed by atoms with Crippen LogP contribution in [0.25, 0.3) is 0 Å². The zero-order chi connectivity index (χ0) is 21.8. The molecule has 1 fully saturated rings. The minimum atomic E-state index is 0.855. The summed E-state index contributed by atoms with van der Waals surface area (Å²) in [7, 11) is 0. The van der Waals surface area contributed by atoms with Gasteiger partial charge in [0.1, 0.15) is 0 Å². The molecule has 0 heterocycles. The average Bonchev–Trinajstić information content (AvgIpc) is 2.88. The Morgan fingerprint density at radius 2 is 0.600 bits per heavy atom. The van der Waals surface area contributed by atoms with Crippen LogP contribution in [0.2, 0.25) is 0 Å². The van der Waals surface area contributed by atoms with Crippen molar-refractivity contribution in [1.29, 1.82) is 0 Å². The standard InChI is InChI=1S/C6H12.3C6H6.C5H12O/c4*1-2-4-6-5-3-1;1-3-5-6-4-2/h1-6H2;3*1-6H;3-5H2,1-2H3. The van der Waals surface area contributed by atoms with Crippen molar-refractivity contribution in [1.82, 2.24) is 0 Å². The van der Waals surface area contributed by atoms with Gasteiger partial charge in [0.25, 0.3) is 0 Å². The molecule has 1 heteroatoms. The Morgan fingerprint density at radius 1 is 0.400 bits per heavy atom. The zero-order valence-corrected chi connectivity index (χ0v) is 19.2. The van der Waals surface area contributed by atoms with Crippen LogP contribution in [0.3, 0.4) is 0 Å². The lowest BCUT2D eigenvalue weighted by molar-refractivity contribution is 0.148. The fourth-order valence-electron chi connectivity index (χ4n) is 2.50. The Balaban J connectivity index is 0.000000350. The number of hydrogen-bond acceptors (Lipinski definition) is 1. The van der Waals surface area contributed by atoms with Crippen LogP contribution in [0.1, 0.15) is 58.8 Å². The highest BCUT2D eigenvalue weighted by Crippen LogP contribution is 2.15. The van der Waals surface area contributed by atoms with E-state index in [1.54, 1.807) is 0 Å². The van der Waals surface area contributed by atoms with Gasteiger partial charge in [-0.3, -0.25) is 0 Å². The molecule has 0 amide bonds. The number of hydrogen-bond donors (Lipinski definition) is 0. The lowest BCUT2D eigenvalue weighted by atomic mass is 10.0. The van der Waals surface area contributed by atoms with E-state index in [1.807, 2.05) is 116 Å². The van der Waals surface area contributed by atoms with E-state index in [0.29, 0.717) is 0 Å². The SMILES string of the molecule is C1CCCCC1.CCCOCC.c1ccccc1.c1ccccc1.c1ccccc1. The Hall–Kier alpha value is -2.38. The van der Waals surface area contributed by atoms with Crippen molar-refractivity contribution in [2.24, 2.45) is 0 Å². The van der Waals surface area contributed by atoms with Crippen LogP contribution in [0.5, 0.6) is 0 Å². The first-order chi connectivity index (χ1) is 14.9. The molecular weight excluding hydrogens is 364 g/mol. The van der Waals surface area contributed by atoms with Crippen LogP contribution in [-0.4, -0.2) is 13.2 Å². The Labute approximate surface area is 186 Å². The van der Waals surface area contributed by atoms with Crippen molar-refractivity contribution in [2.45, 2.75) is 58.8 Å². The molecule has 3 aromatic rings. The van der Waals surface area contributed by atoms with E-state index in [0.717, 1.165) is 19.6 Å². The molecule has 164 valence electrons. The summed E-state index contributed by atoms with van der Waals surface area (Å²) in [5, 5.41) is 0. The monoisotopic (exact) mass is 406 g/mol. The summed E-state index contributed by atoms with van der Waals surface area (Å²) in [6, 6.07) is 36.0. The first-order valence-corrected chi connectivity index (χ1v) is 11.5. The van der Waals surface area contributed by atoms with Crippen LogP contribution in [0, 0.1) is 0 Å². The van der Waals surface area contributed by atoms with Gasteiger partial charge >= 0.3 is 0 Å². The summed E-state index contributed by atoms with van der Waals surface area (Å²) >= 11 is 0. The Kier molecular flexibility index (Phi) is 24.5. The Morgan fingerprint density at radius 3 is 0.700 bits per heavy atom. The van der Waals surface area contributed by atoms with Crippen molar-refractivity contribution < 1.29 is 4.74 Å². The molecule has 0 bridgehead atoms. The summed E-state index contributed by atoms with van der Waals surface area (Å²) in [5.41, 5.74) is 0. The Bertz CT molecular complexity index is 421. The van der Waals surface area contributed by atoms with Gasteiger partial charge in [0.15, 0.2) is 0 Å². The summed E-state index contributed by atoms with van der Waals surface area (Å²) in [6.45, 7) is 5.88. The predicted molar refractivity (Wildman–Crippen MR) is 134 cm³/mol. The van der Waals surface area contributed by atoms with Gasteiger partial charge in [-0.25, -0.2) is 0 Å². The molecule has 0 aromatic heterocycles. The smallest absolute Gasteiger partial charge is 0.0463 e. The topological polar surface area (TPSA) is 9.23 Å². The molecule has 1 aliphatic carbocycles. The maximum Gasteiger partial charge on any atom is 0.0463 e. The van der Waals surface area contributed by atoms with Crippen molar-refractivity contribution >= 4 is 0 Å². The number of rotatable bonds is 3. The van der Waals surface area contributed by atoms with E-state index >= 15 is 0 Å². The van der Waals surface area contributed by atoms with E-state index in [-0.39, 0.29) is 0 Å². The highest BCUT2D eigenvalue weighted by Gasteiger charge is 1.95. The van der Waals surface area contributed by atoms with E-state index in [9.17, 15) is 0 Å². The van der Waals surface area contributed by atoms with Crippen LogP contribution < -0.4 is 0 Å². The van der Waals surface area contributed by atoms with Crippen molar-refractivity contribution in [3.8, 4) is 0 Å². The van der Waals surface area contributed by atoms with Gasteiger partial charge in [0, 0.05) is 13.2 Å². The third-order valence-electron chi connectivity index (χ3n) is 4.05.